The standard InChI is InChI=1S/C20H23FN2O/c21-19-11-5-4-9-17(19)14-22-20(24)15-23-12-6-10-18(23)13-16-7-2-1-3-8-16/h1-5,7-9,11,18H,6,10,12-15H2,(H,22,24). The molecule has 0 radical (unpaired) electrons. The number of carbonyl (C=O) groups excluding carboxylic acids is 1. The number of amides is 1. The summed E-state index contributed by atoms with van der Waals surface area (Å²) in [5.74, 6) is -0.320. The van der Waals surface area contributed by atoms with Crippen LogP contribution in [0.3, 0.4) is 0 Å². The van der Waals surface area contributed by atoms with Crippen LogP contribution in [0.4, 0.5) is 4.39 Å². The summed E-state index contributed by atoms with van der Waals surface area (Å²) in [4.78, 5) is 14.4. The summed E-state index contributed by atoms with van der Waals surface area (Å²) >= 11 is 0. The van der Waals surface area contributed by atoms with Crippen LogP contribution < -0.4 is 5.32 Å². The molecular formula is C20H23FN2O. The van der Waals surface area contributed by atoms with E-state index < -0.39 is 0 Å². The molecule has 1 amide bonds. The number of halogens is 1. The molecule has 1 atom stereocenters. The van der Waals surface area contributed by atoms with Crippen LogP contribution >= 0.6 is 0 Å². The number of hydrogen-bond donors (Lipinski definition) is 1. The Labute approximate surface area is 142 Å². The molecule has 1 aliphatic rings. The number of carbonyl (C=O) groups is 1. The fourth-order valence-corrected chi connectivity index (χ4v) is 3.30. The molecule has 1 aliphatic heterocycles. The Morgan fingerprint density at radius 3 is 2.67 bits per heavy atom. The molecule has 0 aliphatic carbocycles. The predicted octanol–water partition coefficient (Wildman–Crippen LogP) is 3.15. The molecule has 0 spiro atoms. The lowest BCUT2D eigenvalue weighted by molar-refractivity contribution is -0.122. The van der Waals surface area contributed by atoms with Crippen molar-refractivity contribution in [1.29, 1.82) is 0 Å². The maximum absolute atomic E-state index is 13.6. The molecule has 4 heteroatoms. The highest BCUT2D eigenvalue weighted by Crippen LogP contribution is 2.20. The number of nitrogens with zero attached hydrogens (tertiary/aromatic N) is 1. The summed E-state index contributed by atoms with van der Waals surface area (Å²) in [6, 6.07) is 17.3. The number of benzene rings is 2. The Kier molecular flexibility index (Phi) is 5.59. The maximum Gasteiger partial charge on any atom is 0.234 e. The summed E-state index contributed by atoms with van der Waals surface area (Å²) in [6.07, 6.45) is 3.22. The predicted molar refractivity (Wildman–Crippen MR) is 93.0 cm³/mol. The summed E-state index contributed by atoms with van der Waals surface area (Å²) in [6.45, 7) is 1.57. The Balaban J connectivity index is 1.51. The van der Waals surface area contributed by atoms with Crippen LogP contribution in [0.15, 0.2) is 54.6 Å². The molecule has 126 valence electrons. The molecule has 0 aromatic heterocycles. The van der Waals surface area contributed by atoms with Crippen LogP contribution in [0, 0.1) is 5.82 Å². The quantitative estimate of drug-likeness (QED) is 0.884. The Morgan fingerprint density at radius 2 is 1.88 bits per heavy atom. The molecule has 24 heavy (non-hydrogen) atoms. The van der Waals surface area contributed by atoms with Crippen molar-refractivity contribution in [3.8, 4) is 0 Å². The smallest absolute Gasteiger partial charge is 0.234 e. The van der Waals surface area contributed by atoms with Crippen LogP contribution in [0.5, 0.6) is 0 Å². The fraction of sp³-hybridized carbons (Fsp3) is 0.350. The van der Waals surface area contributed by atoms with E-state index in [0.717, 1.165) is 25.8 Å². The van der Waals surface area contributed by atoms with Crippen LogP contribution in [0.25, 0.3) is 0 Å². The van der Waals surface area contributed by atoms with Crippen molar-refractivity contribution in [1.82, 2.24) is 10.2 Å². The summed E-state index contributed by atoms with van der Waals surface area (Å²) in [5.41, 5.74) is 1.83. The first-order chi connectivity index (χ1) is 11.7. The third-order valence-electron chi connectivity index (χ3n) is 4.59. The lowest BCUT2D eigenvalue weighted by Gasteiger charge is -2.24. The SMILES string of the molecule is O=C(CN1CCCC1Cc1ccccc1)NCc1ccccc1F. The molecule has 0 bridgehead atoms. The largest absolute Gasteiger partial charge is 0.351 e. The molecule has 1 saturated heterocycles. The number of rotatable bonds is 6. The van der Waals surface area contributed by atoms with Crippen molar-refractivity contribution >= 4 is 5.91 Å². The van der Waals surface area contributed by atoms with Crippen LogP contribution in [0.1, 0.15) is 24.0 Å². The van der Waals surface area contributed by atoms with Gasteiger partial charge in [-0.05, 0) is 37.4 Å². The average Bonchev–Trinajstić information content (AvgIpc) is 3.02. The molecule has 1 unspecified atom stereocenters. The van der Waals surface area contributed by atoms with E-state index in [4.69, 9.17) is 0 Å². The highest BCUT2D eigenvalue weighted by atomic mass is 19.1. The summed E-state index contributed by atoms with van der Waals surface area (Å²) in [7, 11) is 0. The van der Waals surface area contributed by atoms with E-state index >= 15 is 0 Å². The third kappa shape index (κ3) is 4.42. The second-order valence-corrected chi connectivity index (χ2v) is 6.32. The van der Waals surface area contributed by atoms with Gasteiger partial charge in [0.05, 0.1) is 6.54 Å². The van der Waals surface area contributed by atoms with Crippen molar-refractivity contribution < 1.29 is 9.18 Å². The molecule has 1 heterocycles. The zero-order chi connectivity index (χ0) is 16.8. The van der Waals surface area contributed by atoms with E-state index in [-0.39, 0.29) is 18.3 Å². The van der Waals surface area contributed by atoms with E-state index in [1.165, 1.54) is 11.6 Å². The van der Waals surface area contributed by atoms with Gasteiger partial charge < -0.3 is 5.32 Å². The Hall–Kier alpha value is -2.20. The second-order valence-electron chi connectivity index (χ2n) is 6.32. The molecule has 2 aromatic rings. The van der Waals surface area contributed by atoms with E-state index in [9.17, 15) is 9.18 Å². The van der Waals surface area contributed by atoms with E-state index in [0.29, 0.717) is 18.2 Å². The van der Waals surface area contributed by atoms with Gasteiger partial charge >= 0.3 is 0 Å². The monoisotopic (exact) mass is 326 g/mol. The highest BCUT2D eigenvalue weighted by Gasteiger charge is 2.26. The molecular weight excluding hydrogens is 303 g/mol. The Bertz CT molecular complexity index is 674. The first-order valence-electron chi connectivity index (χ1n) is 8.50. The van der Waals surface area contributed by atoms with Gasteiger partial charge in [-0.3, -0.25) is 9.69 Å². The van der Waals surface area contributed by atoms with Crippen LogP contribution in [-0.2, 0) is 17.8 Å². The van der Waals surface area contributed by atoms with Gasteiger partial charge in [-0.15, -0.1) is 0 Å². The van der Waals surface area contributed by atoms with Gasteiger partial charge in [0.15, 0.2) is 0 Å². The molecule has 0 saturated carbocycles. The number of hydrogen-bond acceptors (Lipinski definition) is 2. The van der Waals surface area contributed by atoms with Gasteiger partial charge in [0.25, 0.3) is 0 Å². The summed E-state index contributed by atoms with van der Waals surface area (Å²) in [5, 5.41) is 2.83. The van der Waals surface area contributed by atoms with E-state index in [1.807, 2.05) is 6.07 Å². The highest BCUT2D eigenvalue weighted by molar-refractivity contribution is 5.78. The van der Waals surface area contributed by atoms with Gasteiger partial charge in [0.2, 0.25) is 5.91 Å². The van der Waals surface area contributed by atoms with Gasteiger partial charge in [0.1, 0.15) is 5.82 Å². The Morgan fingerprint density at radius 1 is 1.12 bits per heavy atom. The number of nitrogens with one attached hydrogen (secondary N) is 1. The van der Waals surface area contributed by atoms with Crippen molar-refractivity contribution in [3.63, 3.8) is 0 Å². The third-order valence-corrected chi connectivity index (χ3v) is 4.59. The first-order valence-corrected chi connectivity index (χ1v) is 8.50. The topological polar surface area (TPSA) is 32.3 Å². The lowest BCUT2D eigenvalue weighted by atomic mass is 10.0. The lowest BCUT2D eigenvalue weighted by Crippen LogP contribution is -2.40. The zero-order valence-corrected chi connectivity index (χ0v) is 13.7. The van der Waals surface area contributed by atoms with Crippen LogP contribution in [-0.4, -0.2) is 29.9 Å². The van der Waals surface area contributed by atoms with Crippen molar-refractivity contribution in [2.75, 3.05) is 13.1 Å². The number of likely N-dealkylation sites (tertiary alicyclic amines) is 1. The molecule has 1 fully saturated rings. The molecule has 2 aromatic carbocycles. The normalized spacial score (nSPS) is 17.8. The van der Waals surface area contributed by atoms with E-state index in [1.54, 1.807) is 18.2 Å². The first kappa shape index (κ1) is 16.7. The fourth-order valence-electron chi connectivity index (χ4n) is 3.30. The van der Waals surface area contributed by atoms with E-state index in [2.05, 4.69) is 34.5 Å². The molecule has 3 rings (SSSR count). The molecule has 3 nitrogen and oxygen atoms in total. The van der Waals surface area contributed by atoms with Gasteiger partial charge in [0, 0.05) is 18.2 Å². The minimum atomic E-state index is -0.277. The van der Waals surface area contributed by atoms with Gasteiger partial charge in [-0.25, -0.2) is 4.39 Å². The second kappa shape index (κ2) is 8.06. The molecule has 1 N–H and O–H groups in total. The van der Waals surface area contributed by atoms with Gasteiger partial charge in [-0.2, -0.15) is 0 Å². The van der Waals surface area contributed by atoms with Crippen molar-refractivity contribution in [2.24, 2.45) is 0 Å². The van der Waals surface area contributed by atoms with Crippen molar-refractivity contribution in [2.45, 2.75) is 31.8 Å². The van der Waals surface area contributed by atoms with Gasteiger partial charge in [-0.1, -0.05) is 48.5 Å². The van der Waals surface area contributed by atoms with Crippen molar-refractivity contribution in [3.05, 3.63) is 71.5 Å². The minimum absolute atomic E-state index is 0.0433. The minimum Gasteiger partial charge on any atom is -0.351 e. The zero-order valence-electron chi connectivity index (χ0n) is 13.7. The van der Waals surface area contributed by atoms with Crippen LogP contribution in [0.2, 0.25) is 0 Å². The summed E-state index contributed by atoms with van der Waals surface area (Å²) < 4.78 is 13.6. The maximum atomic E-state index is 13.6. The average molecular weight is 326 g/mol.